The fourth-order valence-corrected chi connectivity index (χ4v) is 4.46. The quantitative estimate of drug-likeness (QED) is 0.673. The maximum absolute atomic E-state index is 12.8. The number of carbonyl (C=O) groups excluding carboxylic acids is 2. The van der Waals surface area contributed by atoms with Crippen LogP contribution in [0.5, 0.6) is 5.75 Å². The van der Waals surface area contributed by atoms with E-state index in [1.54, 1.807) is 4.90 Å². The number of ether oxygens (including phenoxy) is 1. The van der Waals surface area contributed by atoms with Gasteiger partial charge in [0.2, 0.25) is 5.91 Å². The predicted molar refractivity (Wildman–Crippen MR) is 131 cm³/mol. The Hall–Kier alpha value is -2.86. The fraction of sp³-hybridized carbons (Fsp3) is 0.481. The molecule has 0 atom stereocenters. The van der Waals surface area contributed by atoms with Gasteiger partial charge in [0.1, 0.15) is 5.75 Å². The highest BCUT2D eigenvalue weighted by Crippen LogP contribution is 2.36. The number of piperazine rings is 1. The van der Waals surface area contributed by atoms with Crippen molar-refractivity contribution in [1.82, 2.24) is 9.80 Å². The van der Waals surface area contributed by atoms with Crippen LogP contribution >= 0.6 is 0 Å². The normalized spacial score (nSPS) is 17.0. The summed E-state index contributed by atoms with van der Waals surface area (Å²) in [4.78, 5) is 31.5. The molecule has 0 aliphatic carbocycles. The topological polar surface area (TPSA) is 53.1 Å². The van der Waals surface area contributed by atoms with Gasteiger partial charge in [-0.15, -0.1) is 0 Å². The number of hydrogen-bond acceptors (Lipinski definition) is 4. The van der Waals surface area contributed by atoms with Crippen molar-refractivity contribution in [3.8, 4) is 5.75 Å². The molecule has 4 rings (SSSR count). The second-order valence-corrected chi connectivity index (χ2v) is 10.0. The summed E-state index contributed by atoms with van der Waals surface area (Å²) < 4.78 is 5.64. The van der Waals surface area contributed by atoms with Crippen LogP contribution in [0.3, 0.4) is 0 Å². The van der Waals surface area contributed by atoms with E-state index in [1.165, 1.54) is 5.56 Å². The molecule has 0 spiro atoms. The second-order valence-electron chi connectivity index (χ2n) is 10.0. The van der Waals surface area contributed by atoms with E-state index in [1.807, 2.05) is 17.0 Å². The molecule has 0 bridgehead atoms. The van der Waals surface area contributed by atoms with Gasteiger partial charge in [-0.3, -0.25) is 14.5 Å². The Morgan fingerprint density at radius 1 is 1.00 bits per heavy atom. The van der Waals surface area contributed by atoms with Gasteiger partial charge in [0.15, 0.2) is 6.61 Å². The Morgan fingerprint density at radius 3 is 2.42 bits per heavy atom. The number of rotatable bonds is 6. The lowest BCUT2D eigenvalue weighted by molar-refractivity contribution is -0.133. The lowest BCUT2D eigenvalue weighted by Crippen LogP contribution is -2.48. The zero-order valence-corrected chi connectivity index (χ0v) is 20.0. The smallest absolute Gasteiger partial charge is 0.265 e. The van der Waals surface area contributed by atoms with E-state index < -0.39 is 0 Å². The summed E-state index contributed by atoms with van der Waals surface area (Å²) >= 11 is 0. The molecule has 2 aliphatic rings. The lowest BCUT2D eigenvalue weighted by atomic mass is 9.86. The number of anilines is 1. The molecule has 176 valence electrons. The number of fused-ring (bicyclic) bond motifs is 1. The second kappa shape index (κ2) is 9.96. The number of amides is 2. The zero-order chi connectivity index (χ0) is 23.4. The minimum Gasteiger partial charge on any atom is -0.482 e. The highest BCUT2D eigenvalue weighted by atomic mass is 16.5. The summed E-state index contributed by atoms with van der Waals surface area (Å²) in [5.41, 5.74) is 3.27. The molecule has 1 saturated heterocycles. The van der Waals surface area contributed by atoms with Crippen LogP contribution in [0.15, 0.2) is 48.5 Å². The zero-order valence-electron chi connectivity index (χ0n) is 20.0. The highest BCUT2D eigenvalue weighted by molar-refractivity contribution is 5.98. The van der Waals surface area contributed by atoms with Crippen LogP contribution in [0, 0.1) is 0 Å². The molecule has 2 aliphatic heterocycles. The van der Waals surface area contributed by atoms with Gasteiger partial charge in [-0.05, 0) is 35.1 Å². The monoisotopic (exact) mass is 449 g/mol. The van der Waals surface area contributed by atoms with Crippen LogP contribution < -0.4 is 9.64 Å². The van der Waals surface area contributed by atoms with Crippen LogP contribution in [-0.2, 0) is 21.5 Å². The number of benzene rings is 2. The van der Waals surface area contributed by atoms with E-state index in [0.29, 0.717) is 19.4 Å². The molecule has 2 aromatic rings. The van der Waals surface area contributed by atoms with E-state index in [4.69, 9.17) is 4.74 Å². The Kier molecular flexibility index (Phi) is 7.03. The maximum Gasteiger partial charge on any atom is 0.265 e. The first-order valence-electron chi connectivity index (χ1n) is 11.9. The third-order valence-electron chi connectivity index (χ3n) is 6.51. The number of hydrogen-bond donors (Lipinski definition) is 0. The van der Waals surface area contributed by atoms with Crippen molar-refractivity contribution in [2.24, 2.45) is 0 Å². The van der Waals surface area contributed by atoms with Crippen molar-refractivity contribution >= 4 is 17.5 Å². The largest absolute Gasteiger partial charge is 0.482 e. The van der Waals surface area contributed by atoms with E-state index >= 15 is 0 Å². The first kappa shape index (κ1) is 23.3. The van der Waals surface area contributed by atoms with Crippen molar-refractivity contribution in [3.05, 3.63) is 59.7 Å². The summed E-state index contributed by atoms with van der Waals surface area (Å²) in [7, 11) is 0. The van der Waals surface area contributed by atoms with Crippen LogP contribution in [0.4, 0.5) is 5.69 Å². The van der Waals surface area contributed by atoms with E-state index in [2.05, 4.69) is 62.1 Å². The Labute approximate surface area is 197 Å². The number of nitrogens with zero attached hydrogens (tertiary/aromatic N) is 3. The first-order valence-corrected chi connectivity index (χ1v) is 11.9. The Bertz CT molecular complexity index is 976. The van der Waals surface area contributed by atoms with E-state index in [-0.39, 0.29) is 23.8 Å². The van der Waals surface area contributed by atoms with Gasteiger partial charge in [-0.2, -0.15) is 0 Å². The minimum atomic E-state index is -0.0458. The van der Waals surface area contributed by atoms with Crippen molar-refractivity contribution in [1.29, 1.82) is 0 Å². The molecule has 0 saturated carbocycles. The summed E-state index contributed by atoms with van der Waals surface area (Å²) in [5.74, 6) is 0.873. The maximum atomic E-state index is 12.8. The predicted octanol–water partition coefficient (Wildman–Crippen LogP) is 3.83. The molecule has 2 aromatic carbocycles. The molecule has 1 fully saturated rings. The van der Waals surface area contributed by atoms with Crippen molar-refractivity contribution in [3.63, 3.8) is 0 Å². The molecule has 0 unspecified atom stereocenters. The van der Waals surface area contributed by atoms with Gasteiger partial charge in [0, 0.05) is 45.7 Å². The van der Waals surface area contributed by atoms with E-state index in [9.17, 15) is 9.59 Å². The van der Waals surface area contributed by atoms with Crippen LogP contribution in [-0.4, -0.2) is 60.9 Å². The van der Waals surface area contributed by atoms with Crippen molar-refractivity contribution in [2.45, 2.75) is 45.6 Å². The van der Waals surface area contributed by atoms with Crippen molar-refractivity contribution < 1.29 is 14.3 Å². The molecule has 33 heavy (non-hydrogen) atoms. The summed E-state index contributed by atoms with van der Waals surface area (Å²) in [5, 5.41) is 0. The molecule has 6 heteroatoms. The van der Waals surface area contributed by atoms with Gasteiger partial charge in [0.25, 0.3) is 5.91 Å². The first-order chi connectivity index (χ1) is 15.8. The minimum absolute atomic E-state index is 0.0141. The molecule has 0 radical (unpaired) electrons. The molecular formula is C27H35N3O3. The molecular weight excluding hydrogens is 414 g/mol. The van der Waals surface area contributed by atoms with E-state index in [0.717, 1.165) is 49.7 Å². The summed E-state index contributed by atoms with van der Waals surface area (Å²) in [6.45, 7) is 11.3. The summed E-state index contributed by atoms with van der Waals surface area (Å²) in [6, 6.07) is 16.5. The van der Waals surface area contributed by atoms with Crippen LogP contribution in [0.25, 0.3) is 0 Å². The molecule has 0 aromatic heterocycles. The average molecular weight is 450 g/mol. The third-order valence-corrected chi connectivity index (χ3v) is 6.51. The van der Waals surface area contributed by atoms with Gasteiger partial charge < -0.3 is 14.5 Å². The van der Waals surface area contributed by atoms with Gasteiger partial charge in [-0.1, -0.05) is 57.2 Å². The summed E-state index contributed by atoms with van der Waals surface area (Å²) in [6.07, 6.45) is 1.10. The van der Waals surface area contributed by atoms with Gasteiger partial charge >= 0.3 is 0 Å². The Balaban J connectivity index is 1.28. The standard InChI is InChI=1S/C27H35N3O3/c1-27(2,3)22-11-12-24-23(18-22)30(26(32)20-33-24)13-7-10-25(31)29-16-14-28(15-17-29)19-21-8-5-4-6-9-21/h4-6,8-9,11-12,18H,7,10,13-17,19-20H2,1-3H3. The highest BCUT2D eigenvalue weighted by Gasteiger charge is 2.28. The SMILES string of the molecule is CC(C)(C)c1ccc2c(c1)N(CCCC(=O)N1CCN(Cc3ccccc3)CC1)C(=O)CO2. The lowest BCUT2D eigenvalue weighted by Gasteiger charge is -2.35. The van der Waals surface area contributed by atoms with Crippen LogP contribution in [0.1, 0.15) is 44.7 Å². The third kappa shape index (κ3) is 5.74. The van der Waals surface area contributed by atoms with Crippen molar-refractivity contribution in [2.75, 3.05) is 44.2 Å². The molecule has 0 N–H and O–H groups in total. The van der Waals surface area contributed by atoms with Gasteiger partial charge in [0.05, 0.1) is 5.69 Å². The molecule has 2 heterocycles. The molecule has 2 amide bonds. The average Bonchev–Trinajstić information content (AvgIpc) is 2.80. The van der Waals surface area contributed by atoms with Gasteiger partial charge in [-0.25, -0.2) is 0 Å². The molecule has 6 nitrogen and oxygen atoms in total. The Morgan fingerprint density at radius 2 is 1.73 bits per heavy atom. The van der Waals surface area contributed by atoms with Crippen LogP contribution in [0.2, 0.25) is 0 Å². The fourth-order valence-electron chi connectivity index (χ4n) is 4.46. The number of carbonyl (C=O) groups is 2.